The molecule has 2 aromatic carbocycles. The summed E-state index contributed by atoms with van der Waals surface area (Å²) < 4.78 is 5.51. The van der Waals surface area contributed by atoms with Crippen LogP contribution < -0.4 is 10.5 Å². The number of ether oxygens (including phenoxy) is 1. The van der Waals surface area contributed by atoms with Crippen LogP contribution in [0.3, 0.4) is 0 Å². The number of fused-ring (bicyclic) bond motifs is 1. The standard InChI is InChI=1S/C18H21ClN2O/c1-12(13-6-4-3-5-7-13)21-11-14-17(22-2)9-8-15(19)18(14)16(21)10-20/h3-9,12,16H,10-11,20H2,1-2H3. The minimum Gasteiger partial charge on any atom is -0.496 e. The summed E-state index contributed by atoms with van der Waals surface area (Å²) in [5.74, 6) is 0.889. The minimum absolute atomic E-state index is 0.118. The maximum atomic E-state index is 6.45. The number of nitrogens with two attached hydrogens (primary N) is 1. The quantitative estimate of drug-likeness (QED) is 0.929. The molecule has 0 bridgehead atoms. The summed E-state index contributed by atoms with van der Waals surface area (Å²) in [5, 5.41) is 0.772. The Morgan fingerprint density at radius 1 is 1.27 bits per heavy atom. The number of hydrogen-bond donors (Lipinski definition) is 1. The average Bonchev–Trinajstić information content (AvgIpc) is 2.95. The second kappa shape index (κ2) is 6.29. The van der Waals surface area contributed by atoms with Gasteiger partial charge in [-0.1, -0.05) is 41.9 Å². The summed E-state index contributed by atoms with van der Waals surface area (Å²) in [6, 6.07) is 14.7. The molecular weight excluding hydrogens is 296 g/mol. The molecule has 0 spiro atoms. The lowest BCUT2D eigenvalue weighted by Gasteiger charge is -2.30. The van der Waals surface area contributed by atoms with Crippen LogP contribution in [0.15, 0.2) is 42.5 Å². The predicted molar refractivity (Wildman–Crippen MR) is 90.2 cm³/mol. The summed E-state index contributed by atoms with van der Waals surface area (Å²) in [7, 11) is 1.70. The topological polar surface area (TPSA) is 38.5 Å². The van der Waals surface area contributed by atoms with Crippen LogP contribution in [0.1, 0.15) is 35.7 Å². The van der Waals surface area contributed by atoms with Gasteiger partial charge in [0.2, 0.25) is 0 Å². The zero-order valence-electron chi connectivity index (χ0n) is 12.9. The van der Waals surface area contributed by atoms with Crippen LogP contribution in [0.25, 0.3) is 0 Å². The van der Waals surface area contributed by atoms with Crippen LogP contribution >= 0.6 is 11.6 Å². The highest BCUT2D eigenvalue weighted by molar-refractivity contribution is 6.31. The van der Waals surface area contributed by atoms with Gasteiger partial charge >= 0.3 is 0 Å². The molecule has 1 aliphatic heterocycles. The summed E-state index contributed by atoms with van der Waals surface area (Å²) in [6.45, 7) is 3.55. The molecule has 1 heterocycles. The summed E-state index contributed by atoms with van der Waals surface area (Å²) >= 11 is 6.45. The number of rotatable bonds is 4. The third-order valence-corrected chi connectivity index (χ3v) is 4.89. The molecule has 0 aliphatic carbocycles. The fraction of sp³-hybridized carbons (Fsp3) is 0.333. The lowest BCUT2D eigenvalue weighted by molar-refractivity contribution is 0.161. The second-order valence-corrected chi connectivity index (χ2v) is 6.06. The molecular formula is C18H21ClN2O. The molecule has 22 heavy (non-hydrogen) atoms. The van der Waals surface area contributed by atoms with Crippen molar-refractivity contribution in [1.29, 1.82) is 0 Å². The molecule has 3 rings (SSSR count). The molecule has 0 saturated carbocycles. The van der Waals surface area contributed by atoms with Gasteiger partial charge in [-0.25, -0.2) is 0 Å². The van der Waals surface area contributed by atoms with Crippen molar-refractivity contribution < 1.29 is 4.74 Å². The summed E-state index contributed by atoms with van der Waals surface area (Å²) in [5.41, 5.74) is 9.63. The maximum Gasteiger partial charge on any atom is 0.123 e. The lowest BCUT2D eigenvalue weighted by atomic mass is 10.0. The van der Waals surface area contributed by atoms with Gasteiger partial charge in [0.15, 0.2) is 0 Å². The van der Waals surface area contributed by atoms with Gasteiger partial charge in [-0.05, 0) is 30.2 Å². The van der Waals surface area contributed by atoms with E-state index in [1.807, 2.05) is 18.2 Å². The zero-order chi connectivity index (χ0) is 15.7. The van der Waals surface area contributed by atoms with E-state index in [9.17, 15) is 0 Å². The highest BCUT2D eigenvalue weighted by Crippen LogP contribution is 2.45. The Kier molecular flexibility index (Phi) is 4.39. The van der Waals surface area contributed by atoms with Crippen molar-refractivity contribution >= 4 is 11.6 Å². The van der Waals surface area contributed by atoms with Crippen molar-refractivity contribution in [3.8, 4) is 5.75 Å². The SMILES string of the molecule is COc1ccc(Cl)c2c1CN(C(C)c1ccccc1)C2CN. The molecule has 0 aromatic heterocycles. The number of methoxy groups -OCH3 is 1. The van der Waals surface area contributed by atoms with Crippen molar-refractivity contribution in [2.24, 2.45) is 5.73 Å². The Balaban J connectivity index is 2.00. The van der Waals surface area contributed by atoms with Gasteiger partial charge in [0, 0.05) is 35.8 Å². The average molecular weight is 317 g/mol. The fourth-order valence-corrected chi connectivity index (χ4v) is 3.68. The van der Waals surface area contributed by atoms with Crippen LogP contribution in [0.2, 0.25) is 5.02 Å². The van der Waals surface area contributed by atoms with Crippen LogP contribution in [-0.2, 0) is 6.54 Å². The van der Waals surface area contributed by atoms with E-state index in [0.29, 0.717) is 6.54 Å². The Hall–Kier alpha value is -1.55. The van der Waals surface area contributed by atoms with E-state index in [4.69, 9.17) is 22.1 Å². The van der Waals surface area contributed by atoms with Crippen molar-refractivity contribution in [2.45, 2.75) is 25.6 Å². The van der Waals surface area contributed by atoms with Crippen LogP contribution in [0, 0.1) is 0 Å². The molecule has 0 fully saturated rings. The molecule has 4 heteroatoms. The van der Waals surface area contributed by atoms with Gasteiger partial charge in [0.1, 0.15) is 5.75 Å². The minimum atomic E-state index is 0.118. The first kappa shape index (κ1) is 15.3. The van der Waals surface area contributed by atoms with Crippen LogP contribution in [0.5, 0.6) is 5.75 Å². The third-order valence-electron chi connectivity index (χ3n) is 4.56. The number of hydrogen-bond acceptors (Lipinski definition) is 3. The Labute approximate surface area is 136 Å². The second-order valence-electron chi connectivity index (χ2n) is 5.65. The van der Waals surface area contributed by atoms with Gasteiger partial charge < -0.3 is 10.5 Å². The molecule has 0 amide bonds. The lowest BCUT2D eigenvalue weighted by Crippen LogP contribution is -2.30. The van der Waals surface area contributed by atoms with E-state index in [-0.39, 0.29) is 12.1 Å². The zero-order valence-corrected chi connectivity index (χ0v) is 13.7. The summed E-state index contributed by atoms with van der Waals surface area (Å²) in [6.07, 6.45) is 0. The molecule has 0 radical (unpaired) electrons. The van der Waals surface area contributed by atoms with Crippen molar-refractivity contribution in [1.82, 2.24) is 4.90 Å². The van der Waals surface area contributed by atoms with Gasteiger partial charge in [-0.2, -0.15) is 0 Å². The molecule has 3 nitrogen and oxygen atoms in total. The largest absolute Gasteiger partial charge is 0.496 e. The first-order valence-corrected chi connectivity index (χ1v) is 7.91. The summed E-state index contributed by atoms with van der Waals surface area (Å²) in [4.78, 5) is 2.40. The van der Waals surface area contributed by atoms with Crippen molar-refractivity contribution in [2.75, 3.05) is 13.7 Å². The molecule has 1 aliphatic rings. The highest BCUT2D eigenvalue weighted by Gasteiger charge is 2.36. The molecule has 2 atom stereocenters. The molecule has 2 N–H and O–H groups in total. The van der Waals surface area contributed by atoms with E-state index in [1.54, 1.807) is 7.11 Å². The van der Waals surface area contributed by atoms with Gasteiger partial charge in [-0.15, -0.1) is 0 Å². The van der Waals surface area contributed by atoms with E-state index in [1.165, 1.54) is 5.56 Å². The third kappa shape index (κ3) is 2.50. The number of nitrogens with zero attached hydrogens (tertiary/aromatic N) is 1. The van der Waals surface area contributed by atoms with E-state index in [2.05, 4.69) is 36.1 Å². The molecule has 2 unspecified atom stereocenters. The molecule has 0 saturated heterocycles. The van der Waals surface area contributed by atoms with Crippen molar-refractivity contribution in [3.63, 3.8) is 0 Å². The highest BCUT2D eigenvalue weighted by atomic mass is 35.5. The normalized spacial score (nSPS) is 19.0. The number of halogens is 1. The predicted octanol–water partition coefficient (Wildman–Crippen LogP) is 3.93. The van der Waals surface area contributed by atoms with E-state index in [0.717, 1.165) is 28.4 Å². The Bertz CT molecular complexity index is 660. The Morgan fingerprint density at radius 3 is 2.64 bits per heavy atom. The number of benzene rings is 2. The Morgan fingerprint density at radius 2 is 2.00 bits per heavy atom. The fourth-order valence-electron chi connectivity index (χ4n) is 3.37. The maximum absolute atomic E-state index is 6.45. The van der Waals surface area contributed by atoms with E-state index < -0.39 is 0 Å². The van der Waals surface area contributed by atoms with Gasteiger partial charge in [0.05, 0.1) is 7.11 Å². The van der Waals surface area contributed by atoms with E-state index >= 15 is 0 Å². The van der Waals surface area contributed by atoms with Crippen molar-refractivity contribution in [3.05, 3.63) is 64.2 Å². The smallest absolute Gasteiger partial charge is 0.123 e. The molecule has 116 valence electrons. The van der Waals surface area contributed by atoms with Gasteiger partial charge in [-0.3, -0.25) is 4.90 Å². The first-order valence-electron chi connectivity index (χ1n) is 7.53. The van der Waals surface area contributed by atoms with Crippen LogP contribution in [-0.4, -0.2) is 18.6 Å². The van der Waals surface area contributed by atoms with Crippen LogP contribution in [0.4, 0.5) is 0 Å². The monoisotopic (exact) mass is 316 g/mol. The first-order chi connectivity index (χ1) is 10.7. The van der Waals surface area contributed by atoms with Gasteiger partial charge in [0.25, 0.3) is 0 Å². The molecule has 2 aromatic rings.